The Morgan fingerprint density at radius 2 is 1.77 bits per heavy atom. The van der Waals surface area contributed by atoms with Crippen LogP contribution in [0.25, 0.3) is 0 Å². The number of rotatable bonds is 7. The molecular formula is C18H26N2O5S. The van der Waals surface area contributed by atoms with Crippen LogP contribution in [0.3, 0.4) is 0 Å². The zero-order valence-electron chi connectivity index (χ0n) is 15.2. The average molecular weight is 382 g/mol. The number of methoxy groups -OCH3 is 1. The molecule has 1 aromatic carbocycles. The fraction of sp³-hybridized carbons (Fsp3) is 0.556. The largest absolute Gasteiger partial charge is 0.465 e. The normalized spacial score (nSPS) is 15.7. The first-order chi connectivity index (χ1) is 12.3. The van der Waals surface area contributed by atoms with Crippen molar-refractivity contribution in [3.05, 3.63) is 29.8 Å². The number of hydrogen-bond acceptors (Lipinski definition) is 5. The maximum atomic E-state index is 12.2. The van der Waals surface area contributed by atoms with Crippen LogP contribution in [0.1, 0.15) is 48.9 Å². The van der Waals surface area contributed by atoms with Crippen molar-refractivity contribution in [2.24, 2.45) is 0 Å². The molecule has 2 rings (SSSR count). The Hall–Kier alpha value is -1.93. The number of sulfonamides is 1. The van der Waals surface area contributed by atoms with E-state index in [1.165, 1.54) is 17.7 Å². The molecule has 1 amide bonds. The van der Waals surface area contributed by atoms with E-state index in [4.69, 9.17) is 0 Å². The smallest absolute Gasteiger partial charge is 0.337 e. The van der Waals surface area contributed by atoms with Gasteiger partial charge in [0, 0.05) is 24.7 Å². The molecule has 0 radical (unpaired) electrons. The van der Waals surface area contributed by atoms with Crippen LogP contribution >= 0.6 is 0 Å². The molecule has 0 heterocycles. The molecule has 1 fully saturated rings. The van der Waals surface area contributed by atoms with Crippen molar-refractivity contribution < 1.29 is 22.7 Å². The molecule has 0 aromatic heterocycles. The second kappa shape index (κ2) is 9.14. The molecular weight excluding hydrogens is 356 g/mol. The third kappa shape index (κ3) is 5.81. The van der Waals surface area contributed by atoms with E-state index in [2.05, 4.69) is 10.1 Å². The number of carbonyl (C=O) groups excluding carboxylic acids is 2. The van der Waals surface area contributed by atoms with Crippen LogP contribution in [0.5, 0.6) is 0 Å². The van der Waals surface area contributed by atoms with Gasteiger partial charge in [0.2, 0.25) is 15.9 Å². The Balaban J connectivity index is 1.92. The number of nitrogens with one attached hydrogen (secondary N) is 1. The highest BCUT2D eigenvalue weighted by Crippen LogP contribution is 2.24. The fourth-order valence-corrected chi connectivity index (χ4v) is 4.41. The molecule has 0 atom stereocenters. The standard InChI is InChI=1S/C18H26N2O5S/c1-25-18(22)14-8-10-15(11-9-14)19-17(21)12-13-20(26(2,23)24)16-6-4-3-5-7-16/h8-11,16H,3-7,12-13H2,1-2H3,(H,19,21). The van der Waals surface area contributed by atoms with Gasteiger partial charge in [-0.3, -0.25) is 4.79 Å². The summed E-state index contributed by atoms with van der Waals surface area (Å²) >= 11 is 0. The first-order valence-corrected chi connectivity index (χ1v) is 10.6. The van der Waals surface area contributed by atoms with E-state index in [0.717, 1.165) is 32.1 Å². The van der Waals surface area contributed by atoms with Crippen LogP contribution in [0.2, 0.25) is 0 Å². The maximum absolute atomic E-state index is 12.2. The summed E-state index contributed by atoms with van der Waals surface area (Å²) in [6, 6.07) is 6.34. The van der Waals surface area contributed by atoms with Crippen LogP contribution in [0.4, 0.5) is 5.69 Å². The van der Waals surface area contributed by atoms with Crippen molar-refractivity contribution in [2.75, 3.05) is 25.2 Å². The summed E-state index contributed by atoms with van der Waals surface area (Å²) in [5, 5.41) is 2.72. The minimum atomic E-state index is -3.35. The minimum Gasteiger partial charge on any atom is -0.465 e. The Labute approximate surface area is 154 Å². The van der Waals surface area contributed by atoms with Crippen LogP contribution in [-0.4, -0.2) is 50.6 Å². The first-order valence-electron chi connectivity index (χ1n) is 8.76. The van der Waals surface area contributed by atoms with Gasteiger partial charge in [-0.25, -0.2) is 13.2 Å². The maximum Gasteiger partial charge on any atom is 0.337 e. The van der Waals surface area contributed by atoms with Gasteiger partial charge in [0.05, 0.1) is 18.9 Å². The summed E-state index contributed by atoms with van der Waals surface area (Å²) in [6.07, 6.45) is 6.17. The molecule has 0 aliphatic heterocycles. The molecule has 0 spiro atoms. The highest BCUT2D eigenvalue weighted by Gasteiger charge is 2.28. The van der Waals surface area contributed by atoms with Crippen molar-refractivity contribution in [3.8, 4) is 0 Å². The number of nitrogens with zero attached hydrogens (tertiary/aromatic N) is 1. The molecule has 1 aromatic rings. The van der Waals surface area contributed by atoms with Gasteiger partial charge >= 0.3 is 5.97 Å². The van der Waals surface area contributed by atoms with E-state index in [9.17, 15) is 18.0 Å². The summed E-state index contributed by atoms with van der Waals surface area (Å²) < 4.78 is 30.3. The highest BCUT2D eigenvalue weighted by atomic mass is 32.2. The van der Waals surface area contributed by atoms with E-state index in [-0.39, 0.29) is 24.9 Å². The lowest BCUT2D eigenvalue weighted by molar-refractivity contribution is -0.116. The second-order valence-electron chi connectivity index (χ2n) is 6.53. The van der Waals surface area contributed by atoms with Gasteiger partial charge in [-0.2, -0.15) is 4.31 Å². The van der Waals surface area contributed by atoms with Gasteiger partial charge in [-0.05, 0) is 37.1 Å². The Bertz CT molecular complexity index is 724. The van der Waals surface area contributed by atoms with Crippen LogP contribution in [-0.2, 0) is 19.6 Å². The molecule has 144 valence electrons. The van der Waals surface area contributed by atoms with E-state index in [0.29, 0.717) is 11.3 Å². The number of benzene rings is 1. The third-order valence-electron chi connectivity index (χ3n) is 4.56. The number of amides is 1. The van der Waals surface area contributed by atoms with Crippen molar-refractivity contribution in [2.45, 2.75) is 44.6 Å². The summed E-state index contributed by atoms with van der Waals surface area (Å²) in [7, 11) is -2.05. The van der Waals surface area contributed by atoms with Gasteiger partial charge in [0.1, 0.15) is 0 Å². The SMILES string of the molecule is COC(=O)c1ccc(NC(=O)CCN(C2CCCCC2)S(C)(=O)=O)cc1. The van der Waals surface area contributed by atoms with E-state index < -0.39 is 16.0 Å². The lowest BCUT2D eigenvalue weighted by Gasteiger charge is -2.32. The number of anilines is 1. The number of hydrogen-bond donors (Lipinski definition) is 1. The monoisotopic (exact) mass is 382 g/mol. The molecule has 1 saturated carbocycles. The molecule has 26 heavy (non-hydrogen) atoms. The third-order valence-corrected chi connectivity index (χ3v) is 5.89. The van der Waals surface area contributed by atoms with Crippen molar-refractivity contribution >= 4 is 27.6 Å². The molecule has 0 unspecified atom stereocenters. The van der Waals surface area contributed by atoms with Gasteiger partial charge in [-0.1, -0.05) is 19.3 Å². The summed E-state index contributed by atoms with van der Waals surface area (Å²) in [5.41, 5.74) is 0.942. The molecule has 8 heteroatoms. The topological polar surface area (TPSA) is 92.8 Å². The second-order valence-corrected chi connectivity index (χ2v) is 8.47. The summed E-state index contributed by atoms with van der Waals surface area (Å²) in [6.45, 7) is 0.176. The van der Waals surface area contributed by atoms with Crippen molar-refractivity contribution in [1.29, 1.82) is 0 Å². The van der Waals surface area contributed by atoms with E-state index in [1.54, 1.807) is 24.3 Å². The zero-order valence-corrected chi connectivity index (χ0v) is 16.0. The van der Waals surface area contributed by atoms with Crippen LogP contribution in [0.15, 0.2) is 24.3 Å². The van der Waals surface area contributed by atoms with Crippen molar-refractivity contribution in [1.82, 2.24) is 4.31 Å². The lowest BCUT2D eigenvalue weighted by atomic mass is 9.95. The number of esters is 1. The first kappa shape index (κ1) is 20.4. The highest BCUT2D eigenvalue weighted by molar-refractivity contribution is 7.88. The Morgan fingerprint density at radius 1 is 1.15 bits per heavy atom. The molecule has 0 bridgehead atoms. The number of ether oxygens (including phenoxy) is 1. The molecule has 1 N–H and O–H groups in total. The van der Waals surface area contributed by atoms with Crippen LogP contribution < -0.4 is 5.32 Å². The van der Waals surface area contributed by atoms with Gasteiger partial charge < -0.3 is 10.1 Å². The minimum absolute atomic E-state index is 0.00844. The molecule has 1 aliphatic carbocycles. The Morgan fingerprint density at radius 3 is 2.31 bits per heavy atom. The van der Waals surface area contributed by atoms with Crippen molar-refractivity contribution in [3.63, 3.8) is 0 Å². The van der Waals surface area contributed by atoms with Gasteiger partial charge in [0.25, 0.3) is 0 Å². The summed E-state index contributed by atoms with van der Waals surface area (Å²) in [5.74, 6) is -0.709. The molecule has 0 saturated heterocycles. The zero-order chi connectivity index (χ0) is 19.2. The van der Waals surface area contributed by atoms with E-state index in [1.807, 2.05) is 0 Å². The summed E-state index contributed by atoms with van der Waals surface area (Å²) in [4.78, 5) is 23.6. The number of carbonyl (C=O) groups is 2. The predicted molar refractivity (Wildman–Crippen MR) is 99.5 cm³/mol. The Kier molecular flexibility index (Phi) is 7.16. The van der Waals surface area contributed by atoms with Crippen LogP contribution in [0, 0.1) is 0 Å². The molecule has 1 aliphatic rings. The molecule has 7 nitrogen and oxygen atoms in total. The van der Waals surface area contributed by atoms with Gasteiger partial charge in [0.15, 0.2) is 0 Å². The predicted octanol–water partition coefficient (Wildman–Crippen LogP) is 2.40. The van der Waals surface area contributed by atoms with E-state index >= 15 is 0 Å². The quantitative estimate of drug-likeness (QED) is 0.731. The fourth-order valence-electron chi connectivity index (χ4n) is 3.23. The average Bonchev–Trinajstić information content (AvgIpc) is 2.61. The lowest BCUT2D eigenvalue weighted by Crippen LogP contribution is -2.42. The van der Waals surface area contributed by atoms with Gasteiger partial charge in [-0.15, -0.1) is 0 Å².